The van der Waals surface area contributed by atoms with Crippen molar-refractivity contribution in [1.82, 2.24) is 20.4 Å². The standard InChI is InChI=1S/C32H47N5O3/c1-3-36(4-2)24-25-14-15-30(34-22-25)31(38)23-33-18-21-37-19-16-27(17-20-37)40-32(39)35-29-13-9-8-12-28(29)26-10-6-5-7-11-26/h5-13,25,27,30,33-34H,3-4,14-24H2,1-2H3,(H,35,39). The maximum atomic E-state index is 12.7. The number of piperidine rings is 2. The largest absolute Gasteiger partial charge is 0.446 e. The number of ketones is 1. The molecular weight excluding hydrogens is 502 g/mol. The molecule has 40 heavy (non-hydrogen) atoms. The van der Waals surface area contributed by atoms with Crippen LogP contribution in [0.5, 0.6) is 0 Å². The predicted molar refractivity (Wildman–Crippen MR) is 162 cm³/mol. The number of likely N-dealkylation sites (tertiary alicyclic amines) is 1. The number of hydrogen-bond donors (Lipinski definition) is 3. The van der Waals surface area contributed by atoms with E-state index in [1.807, 2.05) is 54.6 Å². The second-order valence-corrected chi connectivity index (χ2v) is 11.0. The van der Waals surface area contributed by atoms with Gasteiger partial charge in [-0.3, -0.25) is 10.1 Å². The molecule has 1 amide bonds. The number of rotatable bonds is 13. The van der Waals surface area contributed by atoms with Crippen molar-refractivity contribution in [2.45, 2.75) is 51.7 Å². The van der Waals surface area contributed by atoms with Crippen LogP contribution in [0.15, 0.2) is 54.6 Å². The maximum absolute atomic E-state index is 12.7. The second kappa shape index (κ2) is 15.9. The highest BCUT2D eigenvalue weighted by atomic mass is 16.6. The molecule has 2 aliphatic rings. The van der Waals surface area contributed by atoms with Crippen molar-refractivity contribution in [1.29, 1.82) is 0 Å². The number of amides is 1. The molecule has 0 bridgehead atoms. The molecule has 2 fully saturated rings. The van der Waals surface area contributed by atoms with Crippen LogP contribution in [0.4, 0.5) is 10.5 Å². The number of benzene rings is 2. The monoisotopic (exact) mass is 549 g/mol. The minimum atomic E-state index is -0.405. The first kappa shape index (κ1) is 30.2. The van der Waals surface area contributed by atoms with Gasteiger partial charge < -0.3 is 25.2 Å². The van der Waals surface area contributed by atoms with E-state index < -0.39 is 6.09 Å². The molecule has 0 aromatic heterocycles. The van der Waals surface area contributed by atoms with Gasteiger partial charge in [0.1, 0.15) is 6.10 Å². The molecule has 4 rings (SSSR count). The minimum absolute atomic E-state index is 0.0147. The van der Waals surface area contributed by atoms with Crippen LogP contribution < -0.4 is 16.0 Å². The SMILES string of the molecule is CCN(CC)CC1CCC(C(=O)CNCCN2CCC(OC(=O)Nc3ccccc3-c3ccccc3)CC2)NC1. The van der Waals surface area contributed by atoms with Gasteiger partial charge in [-0.2, -0.15) is 0 Å². The molecule has 2 unspecified atom stereocenters. The highest BCUT2D eigenvalue weighted by Crippen LogP contribution is 2.28. The van der Waals surface area contributed by atoms with E-state index >= 15 is 0 Å². The molecule has 2 heterocycles. The van der Waals surface area contributed by atoms with Gasteiger partial charge in [-0.1, -0.05) is 62.4 Å². The van der Waals surface area contributed by atoms with Crippen molar-refractivity contribution in [2.75, 3.05) is 64.2 Å². The van der Waals surface area contributed by atoms with Gasteiger partial charge in [0.15, 0.2) is 5.78 Å². The van der Waals surface area contributed by atoms with Gasteiger partial charge in [0.2, 0.25) is 0 Å². The van der Waals surface area contributed by atoms with Crippen molar-refractivity contribution >= 4 is 17.6 Å². The lowest BCUT2D eigenvalue weighted by Gasteiger charge is -2.32. The second-order valence-electron chi connectivity index (χ2n) is 11.0. The molecule has 0 aliphatic carbocycles. The summed E-state index contributed by atoms with van der Waals surface area (Å²) in [6, 6.07) is 17.8. The molecule has 2 aromatic rings. The van der Waals surface area contributed by atoms with Crippen LogP contribution in [0.1, 0.15) is 39.5 Å². The van der Waals surface area contributed by atoms with E-state index in [9.17, 15) is 9.59 Å². The van der Waals surface area contributed by atoms with Crippen LogP contribution in [0, 0.1) is 5.92 Å². The summed E-state index contributed by atoms with van der Waals surface area (Å²) in [5, 5.41) is 9.77. The third-order valence-corrected chi connectivity index (χ3v) is 8.28. The number of hydrogen-bond acceptors (Lipinski definition) is 7. The zero-order chi connectivity index (χ0) is 28.2. The molecule has 2 aromatic carbocycles. The van der Waals surface area contributed by atoms with Crippen LogP contribution in [-0.4, -0.2) is 92.7 Å². The summed E-state index contributed by atoms with van der Waals surface area (Å²) in [6.07, 6.45) is 3.19. The summed E-state index contributed by atoms with van der Waals surface area (Å²) < 4.78 is 5.75. The Kier molecular flexibility index (Phi) is 12.0. The molecular formula is C32H47N5O3. The Morgan fingerprint density at radius 2 is 1.70 bits per heavy atom. The highest BCUT2D eigenvalue weighted by molar-refractivity contribution is 5.91. The fourth-order valence-corrected chi connectivity index (χ4v) is 5.77. The van der Waals surface area contributed by atoms with Crippen molar-refractivity contribution in [3.8, 4) is 11.1 Å². The van der Waals surface area contributed by atoms with Crippen LogP contribution in [-0.2, 0) is 9.53 Å². The Balaban J connectivity index is 1.09. The zero-order valence-electron chi connectivity index (χ0n) is 24.2. The number of para-hydroxylation sites is 1. The Labute approximate surface area is 239 Å². The summed E-state index contributed by atoms with van der Waals surface area (Å²) >= 11 is 0. The zero-order valence-corrected chi connectivity index (χ0v) is 24.2. The van der Waals surface area contributed by atoms with Crippen LogP contribution in [0.25, 0.3) is 11.1 Å². The molecule has 218 valence electrons. The van der Waals surface area contributed by atoms with Gasteiger partial charge in [0.25, 0.3) is 0 Å². The first-order valence-electron chi connectivity index (χ1n) is 15.1. The Bertz CT molecular complexity index is 1050. The highest BCUT2D eigenvalue weighted by Gasteiger charge is 2.26. The molecule has 3 N–H and O–H groups in total. The summed E-state index contributed by atoms with van der Waals surface area (Å²) in [5.41, 5.74) is 2.77. The topological polar surface area (TPSA) is 85.9 Å². The fraction of sp³-hybridized carbons (Fsp3) is 0.562. The van der Waals surface area contributed by atoms with E-state index in [2.05, 4.69) is 39.6 Å². The van der Waals surface area contributed by atoms with E-state index in [0.29, 0.717) is 12.5 Å². The van der Waals surface area contributed by atoms with E-state index in [0.717, 1.165) is 94.9 Å². The lowest BCUT2D eigenvalue weighted by atomic mass is 9.92. The van der Waals surface area contributed by atoms with Gasteiger partial charge in [0, 0.05) is 38.3 Å². The Morgan fingerprint density at radius 1 is 0.975 bits per heavy atom. The first-order valence-corrected chi connectivity index (χ1v) is 15.1. The Morgan fingerprint density at radius 3 is 2.40 bits per heavy atom. The maximum Gasteiger partial charge on any atom is 0.411 e. The van der Waals surface area contributed by atoms with Gasteiger partial charge in [-0.05, 0) is 62.9 Å². The molecule has 8 heteroatoms. The summed E-state index contributed by atoms with van der Waals surface area (Å²) in [4.78, 5) is 30.1. The van der Waals surface area contributed by atoms with Crippen molar-refractivity contribution in [2.24, 2.45) is 5.92 Å². The molecule has 2 saturated heterocycles. The van der Waals surface area contributed by atoms with Gasteiger partial charge >= 0.3 is 6.09 Å². The fourth-order valence-electron chi connectivity index (χ4n) is 5.77. The number of Topliss-reactive ketones (excluding diaryl/α,β-unsaturated/α-hetero) is 1. The van der Waals surface area contributed by atoms with Crippen molar-refractivity contribution < 1.29 is 14.3 Å². The van der Waals surface area contributed by atoms with E-state index in [1.165, 1.54) is 0 Å². The molecule has 8 nitrogen and oxygen atoms in total. The molecule has 0 saturated carbocycles. The van der Waals surface area contributed by atoms with E-state index in [1.54, 1.807) is 0 Å². The molecule has 0 spiro atoms. The van der Waals surface area contributed by atoms with Crippen LogP contribution in [0.2, 0.25) is 0 Å². The molecule has 0 radical (unpaired) electrons. The quantitative estimate of drug-likeness (QED) is 0.322. The van der Waals surface area contributed by atoms with E-state index in [-0.39, 0.29) is 17.9 Å². The third kappa shape index (κ3) is 9.13. The predicted octanol–water partition coefficient (Wildman–Crippen LogP) is 4.24. The summed E-state index contributed by atoms with van der Waals surface area (Å²) in [6.45, 7) is 12.5. The summed E-state index contributed by atoms with van der Waals surface area (Å²) in [7, 11) is 0. The smallest absolute Gasteiger partial charge is 0.411 e. The number of carbonyl (C=O) groups is 2. The average Bonchev–Trinajstić information content (AvgIpc) is 2.99. The van der Waals surface area contributed by atoms with Crippen molar-refractivity contribution in [3.05, 3.63) is 54.6 Å². The number of nitrogens with one attached hydrogen (secondary N) is 3. The molecule has 2 aliphatic heterocycles. The van der Waals surface area contributed by atoms with Crippen LogP contribution in [0.3, 0.4) is 0 Å². The van der Waals surface area contributed by atoms with Crippen LogP contribution >= 0.6 is 0 Å². The van der Waals surface area contributed by atoms with Gasteiger partial charge in [-0.15, -0.1) is 0 Å². The third-order valence-electron chi connectivity index (χ3n) is 8.28. The normalized spacial score (nSPS) is 20.4. The van der Waals surface area contributed by atoms with Crippen molar-refractivity contribution in [3.63, 3.8) is 0 Å². The number of carbonyl (C=O) groups excluding carboxylic acids is 2. The Hall–Kier alpha value is -2.78. The lowest BCUT2D eigenvalue weighted by molar-refractivity contribution is -0.121. The number of nitrogens with zero attached hydrogens (tertiary/aromatic N) is 2. The summed E-state index contributed by atoms with van der Waals surface area (Å²) in [5.74, 6) is 0.910. The van der Waals surface area contributed by atoms with Gasteiger partial charge in [0.05, 0.1) is 18.3 Å². The lowest BCUT2D eigenvalue weighted by Crippen LogP contribution is -2.49. The number of ether oxygens (including phenoxy) is 1. The average molecular weight is 550 g/mol. The minimum Gasteiger partial charge on any atom is -0.446 e. The number of anilines is 1. The first-order chi connectivity index (χ1) is 19.6. The van der Waals surface area contributed by atoms with E-state index in [4.69, 9.17) is 4.74 Å². The molecule has 2 atom stereocenters. The van der Waals surface area contributed by atoms with Gasteiger partial charge in [-0.25, -0.2) is 4.79 Å².